The zero-order valence-corrected chi connectivity index (χ0v) is 15.5. The van der Waals surface area contributed by atoms with Gasteiger partial charge in [-0.15, -0.1) is 0 Å². The summed E-state index contributed by atoms with van der Waals surface area (Å²) in [5.74, 6) is 0. The van der Waals surface area contributed by atoms with Gasteiger partial charge in [0.15, 0.2) is 5.65 Å². The van der Waals surface area contributed by atoms with Crippen LogP contribution in [-0.2, 0) is 13.6 Å². The Morgan fingerprint density at radius 1 is 1.28 bits per heavy atom. The maximum absolute atomic E-state index is 12.6. The fourth-order valence-electron chi connectivity index (χ4n) is 3.17. The van der Waals surface area contributed by atoms with E-state index in [1.165, 1.54) is 0 Å². The van der Waals surface area contributed by atoms with Crippen molar-refractivity contribution in [2.24, 2.45) is 12.5 Å². The van der Waals surface area contributed by atoms with Crippen molar-refractivity contribution in [2.45, 2.75) is 46.6 Å². The Balaban J connectivity index is 2.10. The molecular formula is C20H26N4O. The van der Waals surface area contributed by atoms with E-state index in [9.17, 15) is 4.79 Å². The molecule has 25 heavy (non-hydrogen) atoms. The quantitative estimate of drug-likeness (QED) is 0.902. The number of allylic oxidation sites excluding steroid dienone is 4. The molecular weight excluding hydrogens is 312 g/mol. The monoisotopic (exact) mass is 338 g/mol. The van der Waals surface area contributed by atoms with E-state index in [1.54, 1.807) is 16.2 Å². The molecule has 0 atom stereocenters. The SMILES string of the molecule is Cn1c(=O)n(CC(C)(C)C)c2ccc(C3=CC=CCCC(=N)C3)nc21. The summed E-state index contributed by atoms with van der Waals surface area (Å²) in [6, 6.07) is 3.95. The smallest absolute Gasteiger partial charge is 0.309 e. The number of nitrogens with one attached hydrogen (secondary N) is 1. The maximum atomic E-state index is 12.6. The average molecular weight is 338 g/mol. The Hall–Kier alpha value is -2.43. The largest absolute Gasteiger partial charge is 0.330 e. The third kappa shape index (κ3) is 3.65. The summed E-state index contributed by atoms with van der Waals surface area (Å²) < 4.78 is 3.43. The number of hydrogen-bond donors (Lipinski definition) is 1. The second kappa shape index (κ2) is 6.47. The minimum Gasteiger partial charge on any atom is -0.309 e. The van der Waals surface area contributed by atoms with Crippen LogP contribution >= 0.6 is 0 Å². The number of aromatic nitrogens is 3. The van der Waals surface area contributed by atoms with Crippen LogP contribution in [-0.4, -0.2) is 19.8 Å². The first-order chi connectivity index (χ1) is 11.8. The first kappa shape index (κ1) is 17.4. The first-order valence-electron chi connectivity index (χ1n) is 8.75. The molecule has 0 unspecified atom stereocenters. The molecule has 2 aromatic heterocycles. The van der Waals surface area contributed by atoms with Gasteiger partial charge in [-0.2, -0.15) is 0 Å². The number of hydrogen-bond acceptors (Lipinski definition) is 3. The van der Waals surface area contributed by atoms with Crippen molar-refractivity contribution >= 4 is 22.4 Å². The van der Waals surface area contributed by atoms with E-state index in [4.69, 9.17) is 10.4 Å². The molecule has 1 N–H and O–H groups in total. The van der Waals surface area contributed by atoms with Crippen molar-refractivity contribution in [1.29, 1.82) is 5.41 Å². The number of fused-ring (bicyclic) bond motifs is 1. The molecule has 2 heterocycles. The van der Waals surface area contributed by atoms with Gasteiger partial charge in [0.05, 0.1) is 11.2 Å². The Morgan fingerprint density at radius 2 is 2.04 bits per heavy atom. The Kier molecular flexibility index (Phi) is 4.50. The lowest BCUT2D eigenvalue weighted by Crippen LogP contribution is -2.27. The van der Waals surface area contributed by atoms with E-state index >= 15 is 0 Å². The van der Waals surface area contributed by atoms with Gasteiger partial charge in [0.2, 0.25) is 0 Å². The highest BCUT2D eigenvalue weighted by atomic mass is 16.1. The minimum absolute atomic E-state index is 0.0126. The minimum atomic E-state index is -0.0335. The summed E-state index contributed by atoms with van der Waals surface area (Å²) in [7, 11) is 1.77. The highest BCUT2D eigenvalue weighted by Gasteiger charge is 2.19. The molecule has 0 saturated heterocycles. The van der Waals surface area contributed by atoms with E-state index in [0.717, 1.165) is 35.3 Å². The van der Waals surface area contributed by atoms with Crippen LogP contribution in [0.15, 0.2) is 35.2 Å². The average Bonchev–Trinajstić information content (AvgIpc) is 2.74. The van der Waals surface area contributed by atoms with Gasteiger partial charge in [-0.1, -0.05) is 39.0 Å². The van der Waals surface area contributed by atoms with E-state index in [0.29, 0.717) is 18.6 Å². The Morgan fingerprint density at radius 3 is 2.76 bits per heavy atom. The maximum Gasteiger partial charge on any atom is 0.330 e. The molecule has 1 aliphatic carbocycles. The molecule has 0 amide bonds. The van der Waals surface area contributed by atoms with Gasteiger partial charge in [0.1, 0.15) is 0 Å². The molecule has 1 aliphatic rings. The predicted octanol–water partition coefficient (Wildman–Crippen LogP) is 3.92. The van der Waals surface area contributed by atoms with Crippen LogP contribution in [0.4, 0.5) is 0 Å². The van der Waals surface area contributed by atoms with Crippen LogP contribution in [0.5, 0.6) is 0 Å². The van der Waals surface area contributed by atoms with Gasteiger partial charge in [-0.25, -0.2) is 9.78 Å². The zero-order chi connectivity index (χ0) is 18.2. The second-order valence-corrected chi connectivity index (χ2v) is 7.97. The molecule has 2 aromatic rings. The normalized spacial score (nSPS) is 16.0. The molecule has 0 saturated carbocycles. The van der Waals surface area contributed by atoms with E-state index in [1.807, 2.05) is 24.3 Å². The van der Waals surface area contributed by atoms with Gasteiger partial charge in [-0.3, -0.25) is 9.13 Å². The molecule has 0 aromatic carbocycles. The molecule has 0 aliphatic heterocycles. The highest BCUT2D eigenvalue weighted by molar-refractivity contribution is 5.92. The standard InChI is InChI=1S/C20H26N4O/c1-20(2,3)13-24-17-11-10-16(22-18(17)23(4)19(24)25)14-8-6-5-7-9-15(21)12-14/h5-6,8,10-11,21H,7,9,12-13H2,1-4H3. The lowest BCUT2D eigenvalue weighted by atomic mass is 9.97. The van der Waals surface area contributed by atoms with Crippen LogP contribution in [0.1, 0.15) is 45.7 Å². The summed E-state index contributed by atoms with van der Waals surface area (Å²) in [5.41, 5.74) is 4.13. The number of nitrogens with zero attached hydrogens (tertiary/aromatic N) is 3. The van der Waals surface area contributed by atoms with E-state index in [2.05, 4.69) is 26.8 Å². The second-order valence-electron chi connectivity index (χ2n) is 7.97. The number of rotatable bonds is 2. The first-order valence-corrected chi connectivity index (χ1v) is 8.75. The Bertz CT molecular complexity index is 935. The Labute approximate surface area is 148 Å². The summed E-state index contributed by atoms with van der Waals surface area (Å²) >= 11 is 0. The molecule has 5 heteroatoms. The summed E-state index contributed by atoms with van der Waals surface area (Å²) in [6.07, 6.45) is 8.47. The lowest BCUT2D eigenvalue weighted by molar-refractivity contribution is 0.342. The van der Waals surface area contributed by atoms with Crippen molar-refractivity contribution in [1.82, 2.24) is 14.1 Å². The lowest BCUT2D eigenvalue weighted by Gasteiger charge is -2.18. The molecule has 0 fully saturated rings. The van der Waals surface area contributed by atoms with Crippen molar-refractivity contribution in [3.8, 4) is 0 Å². The molecule has 5 nitrogen and oxygen atoms in total. The van der Waals surface area contributed by atoms with Gasteiger partial charge in [0, 0.05) is 25.7 Å². The van der Waals surface area contributed by atoms with Crippen molar-refractivity contribution in [3.63, 3.8) is 0 Å². The third-order valence-electron chi connectivity index (χ3n) is 4.39. The van der Waals surface area contributed by atoms with Crippen LogP contribution < -0.4 is 5.69 Å². The molecule has 132 valence electrons. The van der Waals surface area contributed by atoms with Crippen LogP contribution in [0.2, 0.25) is 0 Å². The van der Waals surface area contributed by atoms with Gasteiger partial charge < -0.3 is 5.41 Å². The zero-order valence-electron chi connectivity index (χ0n) is 15.5. The van der Waals surface area contributed by atoms with Crippen LogP contribution in [0.25, 0.3) is 16.7 Å². The number of aryl methyl sites for hydroxylation is 1. The summed E-state index contributed by atoms with van der Waals surface area (Å²) in [4.78, 5) is 17.4. The van der Waals surface area contributed by atoms with Gasteiger partial charge >= 0.3 is 5.69 Å². The molecule has 0 radical (unpaired) electrons. The van der Waals surface area contributed by atoms with E-state index in [-0.39, 0.29) is 11.1 Å². The molecule has 0 bridgehead atoms. The summed E-state index contributed by atoms with van der Waals surface area (Å²) in [5, 5.41) is 8.09. The fourth-order valence-corrected chi connectivity index (χ4v) is 3.17. The van der Waals surface area contributed by atoms with Crippen LogP contribution in [0, 0.1) is 10.8 Å². The van der Waals surface area contributed by atoms with E-state index < -0.39 is 0 Å². The van der Waals surface area contributed by atoms with Gasteiger partial charge in [0.25, 0.3) is 0 Å². The van der Waals surface area contributed by atoms with Gasteiger partial charge in [-0.05, 0) is 36.0 Å². The number of imidazole rings is 1. The van der Waals surface area contributed by atoms with Crippen LogP contribution in [0.3, 0.4) is 0 Å². The topological polar surface area (TPSA) is 63.7 Å². The number of pyridine rings is 1. The van der Waals surface area contributed by atoms with Crippen molar-refractivity contribution in [2.75, 3.05) is 0 Å². The summed E-state index contributed by atoms with van der Waals surface area (Å²) in [6.45, 7) is 7.02. The molecule has 0 spiro atoms. The highest BCUT2D eigenvalue weighted by Crippen LogP contribution is 2.24. The third-order valence-corrected chi connectivity index (χ3v) is 4.39. The molecule has 3 rings (SSSR count). The van der Waals surface area contributed by atoms with Crippen molar-refractivity contribution < 1.29 is 0 Å². The predicted molar refractivity (Wildman–Crippen MR) is 103 cm³/mol. The van der Waals surface area contributed by atoms with Crippen molar-refractivity contribution in [3.05, 3.63) is 46.5 Å². The fraction of sp³-hybridized carbons (Fsp3) is 0.450.